The van der Waals surface area contributed by atoms with E-state index < -0.39 is 4.92 Å². The number of rotatable bonds is 4. The van der Waals surface area contributed by atoms with Gasteiger partial charge in [-0.3, -0.25) is 19.8 Å². The Hall–Kier alpha value is -2.79. The number of para-hydroxylation sites is 1. The molecule has 122 valence electrons. The van der Waals surface area contributed by atoms with Crippen molar-refractivity contribution in [3.8, 4) is 0 Å². The topological polar surface area (TPSA) is 63.5 Å². The number of carbonyl (C=O) groups is 1. The van der Waals surface area contributed by atoms with Crippen molar-refractivity contribution < 1.29 is 9.72 Å². The SMILES string of the molecule is O=C1CCN(Cc2ccccc2)C/C1=C\c1ccccc1[N+](=O)[O-]. The number of ketones is 1. The molecule has 2 aromatic rings. The van der Waals surface area contributed by atoms with Gasteiger partial charge in [0.2, 0.25) is 0 Å². The Labute approximate surface area is 140 Å². The summed E-state index contributed by atoms with van der Waals surface area (Å²) in [5.41, 5.74) is 2.33. The highest BCUT2D eigenvalue weighted by Crippen LogP contribution is 2.23. The summed E-state index contributed by atoms with van der Waals surface area (Å²) in [6.07, 6.45) is 2.11. The molecule has 0 radical (unpaired) electrons. The van der Waals surface area contributed by atoms with Crippen LogP contribution in [0.3, 0.4) is 0 Å². The van der Waals surface area contributed by atoms with Crippen LogP contribution in [0.4, 0.5) is 5.69 Å². The molecule has 1 aliphatic heterocycles. The zero-order valence-electron chi connectivity index (χ0n) is 13.2. The quantitative estimate of drug-likeness (QED) is 0.491. The van der Waals surface area contributed by atoms with Gasteiger partial charge >= 0.3 is 0 Å². The molecule has 1 saturated heterocycles. The van der Waals surface area contributed by atoms with Gasteiger partial charge in [0.1, 0.15) is 0 Å². The fraction of sp³-hybridized carbons (Fsp3) is 0.211. The molecule has 24 heavy (non-hydrogen) atoms. The lowest BCUT2D eigenvalue weighted by Gasteiger charge is -2.27. The monoisotopic (exact) mass is 322 g/mol. The Kier molecular flexibility index (Phi) is 4.82. The summed E-state index contributed by atoms with van der Waals surface area (Å²) < 4.78 is 0. The molecule has 3 rings (SSSR count). The van der Waals surface area contributed by atoms with E-state index >= 15 is 0 Å². The van der Waals surface area contributed by atoms with Gasteiger partial charge in [0.05, 0.1) is 10.5 Å². The van der Waals surface area contributed by atoms with Crippen LogP contribution >= 0.6 is 0 Å². The first-order valence-electron chi connectivity index (χ1n) is 7.87. The van der Waals surface area contributed by atoms with Crippen LogP contribution in [0.5, 0.6) is 0 Å². The predicted molar refractivity (Wildman–Crippen MR) is 92.4 cm³/mol. The predicted octanol–water partition coefficient (Wildman–Crippen LogP) is 3.45. The summed E-state index contributed by atoms with van der Waals surface area (Å²) in [7, 11) is 0. The van der Waals surface area contributed by atoms with Crippen molar-refractivity contribution in [3.05, 3.63) is 81.4 Å². The van der Waals surface area contributed by atoms with Gasteiger partial charge in [-0.25, -0.2) is 0 Å². The first-order valence-corrected chi connectivity index (χ1v) is 7.87. The van der Waals surface area contributed by atoms with E-state index in [4.69, 9.17) is 0 Å². The molecule has 0 aromatic heterocycles. The smallest absolute Gasteiger partial charge is 0.276 e. The Morgan fingerprint density at radius 1 is 1.08 bits per heavy atom. The van der Waals surface area contributed by atoms with Gasteiger partial charge < -0.3 is 0 Å². The van der Waals surface area contributed by atoms with Crippen LogP contribution in [0.1, 0.15) is 17.5 Å². The molecule has 0 atom stereocenters. The van der Waals surface area contributed by atoms with Gasteiger partial charge in [0, 0.05) is 37.7 Å². The molecule has 5 nitrogen and oxygen atoms in total. The van der Waals surface area contributed by atoms with Gasteiger partial charge in [0.15, 0.2) is 5.78 Å². The van der Waals surface area contributed by atoms with Crippen molar-refractivity contribution >= 4 is 17.5 Å². The molecule has 1 aliphatic rings. The highest BCUT2D eigenvalue weighted by Gasteiger charge is 2.22. The molecule has 0 saturated carbocycles. The molecule has 1 fully saturated rings. The molecule has 0 amide bonds. The van der Waals surface area contributed by atoms with Crippen molar-refractivity contribution in [1.29, 1.82) is 0 Å². The lowest BCUT2D eigenvalue weighted by molar-refractivity contribution is -0.385. The lowest BCUT2D eigenvalue weighted by atomic mass is 9.99. The molecule has 0 unspecified atom stereocenters. The maximum Gasteiger partial charge on any atom is 0.276 e. The molecule has 2 aromatic carbocycles. The van der Waals surface area contributed by atoms with Crippen molar-refractivity contribution in [2.24, 2.45) is 0 Å². The molecule has 0 spiro atoms. The minimum Gasteiger partial charge on any atom is -0.294 e. The second-order valence-corrected chi connectivity index (χ2v) is 5.85. The largest absolute Gasteiger partial charge is 0.294 e. The standard InChI is InChI=1S/C19H18N2O3/c22-19-10-11-20(13-15-6-2-1-3-7-15)14-17(19)12-16-8-4-5-9-18(16)21(23)24/h1-9,12H,10-11,13-14H2/b17-12+. The van der Waals surface area contributed by atoms with Crippen LogP contribution in [0, 0.1) is 10.1 Å². The molecule has 1 heterocycles. The number of carbonyl (C=O) groups excluding carboxylic acids is 1. The average molecular weight is 322 g/mol. The van der Waals surface area contributed by atoms with E-state index in [1.807, 2.05) is 18.2 Å². The maximum absolute atomic E-state index is 12.2. The first-order chi connectivity index (χ1) is 11.6. The Morgan fingerprint density at radius 2 is 1.79 bits per heavy atom. The van der Waals surface area contributed by atoms with Crippen LogP contribution in [-0.2, 0) is 11.3 Å². The minimum absolute atomic E-state index is 0.0259. The number of benzene rings is 2. The Bertz CT molecular complexity index is 784. The summed E-state index contributed by atoms with van der Waals surface area (Å²) in [6.45, 7) is 1.99. The second kappa shape index (κ2) is 7.19. The molecular weight excluding hydrogens is 304 g/mol. The van der Waals surface area contributed by atoms with E-state index in [1.165, 1.54) is 11.6 Å². The van der Waals surface area contributed by atoms with Crippen LogP contribution in [0.25, 0.3) is 6.08 Å². The van der Waals surface area contributed by atoms with E-state index in [-0.39, 0.29) is 11.5 Å². The molecule has 5 heteroatoms. The van der Waals surface area contributed by atoms with Crippen LogP contribution in [0.2, 0.25) is 0 Å². The average Bonchev–Trinajstić information content (AvgIpc) is 2.59. The summed E-state index contributed by atoms with van der Waals surface area (Å²) in [4.78, 5) is 25.1. The maximum atomic E-state index is 12.2. The second-order valence-electron chi connectivity index (χ2n) is 5.85. The molecule has 0 aliphatic carbocycles. The van der Waals surface area contributed by atoms with Crippen molar-refractivity contribution in [3.63, 3.8) is 0 Å². The number of nitro benzene ring substituents is 1. The van der Waals surface area contributed by atoms with Gasteiger partial charge in [-0.2, -0.15) is 0 Å². The van der Waals surface area contributed by atoms with Crippen LogP contribution in [0.15, 0.2) is 60.2 Å². The van der Waals surface area contributed by atoms with Crippen LogP contribution in [-0.4, -0.2) is 28.7 Å². The number of likely N-dealkylation sites (tertiary alicyclic amines) is 1. The fourth-order valence-corrected chi connectivity index (χ4v) is 2.89. The zero-order valence-corrected chi connectivity index (χ0v) is 13.2. The van der Waals surface area contributed by atoms with E-state index in [1.54, 1.807) is 24.3 Å². The summed E-state index contributed by atoms with van der Waals surface area (Å²) in [6, 6.07) is 16.6. The highest BCUT2D eigenvalue weighted by atomic mass is 16.6. The van der Waals surface area contributed by atoms with Crippen LogP contribution < -0.4 is 0 Å². The Morgan fingerprint density at radius 3 is 2.54 bits per heavy atom. The van der Waals surface area contributed by atoms with Gasteiger partial charge in [-0.05, 0) is 17.7 Å². The number of nitrogens with zero attached hydrogens (tertiary/aromatic N) is 2. The van der Waals surface area contributed by atoms with E-state index in [2.05, 4.69) is 17.0 Å². The normalized spacial score (nSPS) is 17.2. The van der Waals surface area contributed by atoms with Crippen molar-refractivity contribution in [2.45, 2.75) is 13.0 Å². The summed E-state index contributed by atoms with van der Waals surface area (Å²) in [5, 5.41) is 11.1. The number of hydrogen-bond donors (Lipinski definition) is 0. The minimum atomic E-state index is -0.415. The number of nitro groups is 1. The van der Waals surface area contributed by atoms with E-state index in [0.717, 1.165) is 6.54 Å². The third-order valence-electron chi connectivity index (χ3n) is 4.12. The highest BCUT2D eigenvalue weighted by molar-refractivity contribution is 6.01. The Balaban J connectivity index is 1.82. The number of Topliss-reactive ketones (excluding diaryl/α,β-unsaturated/α-hetero) is 1. The molecule has 0 N–H and O–H groups in total. The van der Waals surface area contributed by atoms with E-state index in [9.17, 15) is 14.9 Å². The summed E-state index contributed by atoms with van der Waals surface area (Å²) >= 11 is 0. The molecular formula is C19H18N2O3. The van der Waals surface area contributed by atoms with Gasteiger partial charge in [-0.15, -0.1) is 0 Å². The first kappa shape index (κ1) is 16.1. The van der Waals surface area contributed by atoms with Gasteiger partial charge in [0.25, 0.3) is 5.69 Å². The number of piperidine rings is 1. The molecule has 0 bridgehead atoms. The number of hydrogen-bond acceptors (Lipinski definition) is 4. The third-order valence-corrected chi connectivity index (χ3v) is 4.12. The van der Waals surface area contributed by atoms with Gasteiger partial charge in [-0.1, -0.05) is 42.5 Å². The van der Waals surface area contributed by atoms with Crippen molar-refractivity contribution in [1.82, 2.24) is 4.90 Å². The summed E-state index contributed by atoms with van der Waals surface area (Å²) in [5.74, 6) is 0.0671. The van der Waals surface area contributed by atoms with E-state index in [0.29, 0.717) is 30.6 Å². The third kappa shape index (κ3) is 3.75. The van der Waals surface area contributed by atoms with Crippen molar-refractivity contribution in [2.75, 3.05) is 13.1 Å². The fourth-order valence-electron chi connectivity index (χ4n) is 2.89. The zero-order chi connectivity index (χ0) is 16.9. The lowest BCUT2D eigenvalue weighted by Crippen LogP contribution is -2.35.